The minimum Gasteiger partial charge on any atom is -0.489 e. The predicted octanol–water partition coefficient (Wildman–Crippen LogP) is 5.18. The van der Waals surface area contributed by atoms with Crippen molar-refractivity contribution < 1.29 is 9.47 Å². The van der Waals surface area contributed by atoms with E-state index >= 15 is 0 Å². The lowest BCUT2D eigenvalue weighted by molar-refractivity contribution is 0.347. The van der Waals surface area contributed by atoms with Crippen molar-refractivity contribution in [2.24, 2.45) is 0 Å². The van der Waals surface area contributed by atoms with Crippen LogP contribution in [-0.2, 0) is 11.8 Å². The molecular weight excluding hydrogens is 319 g/mol. The maximum Gasteiger partial charge on any atom is 0.124 e. The fraction of sp³-hybridized carbons (Fsp3) is 0.222. The minimum absolute atomic E-state index is 0.443. The van der Waals surface area contributed by atoms with Crippen LogP contribution in [0.1, 0.15) is 11.1 Å². The van der Waals surface area contributed by atoms with Gasteiger partial charge in [0.15, 0.2) is 0 Å². The van der Waals surface area contributed by atoms with Gasteiger partial charge in [0.2, 0.25) is 0 Å². The molecule has 0 spiro atoms. The van der Waals surface area contributed by atoms with Gasteiger partial charge < -0.3 is 9.47 Å². The average molecular weight is 337 g/mol. The van der Waals surface area contributed by atoms with Gasteiger partial charge in [-0.05, 0) is 24.3 Å². The minimum atomic E-state index is 0.443. The normalized spacial score (nSPS) is 10.8. The molecule has 0 saturated heterocycles. The Labute approximate surface area is 141 Å². The number of para-hydroxylation sites is 2. The second-order valence-electron chi connectivity index (χ2n) is 4.58. The van der Waals surface area contributed by atoms with Gasteiger partial charge in [-0.2, -0.15) is 0 Å². The average Bonchev–Trinajstić information content (AvgIpc) is 2.58. The summed E-state index contributed by atoms with van der Waals surface area (Å²) in [6, 6.07) is 15.5. The Balaban J connectivity index is 1.77. The fourth-order valence-electron chi connectivity index (χ4n) is 1.92. The van der Waals surface area contributed by atoms with Crippen LogP contribution in [0.2, 0.25) is 0 Å². The van der Waals surface area contributed by atoms with E-state index in [0.717, 1.165) is 22.6 Å². The van der Waals surface area contributed by atoms with E-state index in [0.29, 0.717) is 25.0 Å². The Morgan fingerprint density at radius 3 is 1.50 bits per heavy atom. The van der Waals surface area contributed by atoms with Crippen LogP contribution in [0.15, 0.2) is 60.7 Å². The van der Waals surface area contributed by atoms with E-state index < -0.39 is 0 Å². The monoisotopic (exact) mass is 336 g/mol. The molecule has 0 bridgehead atoms. The predicted molar refractivity (Wildman–Crippen MR) is 92.1 cm³/mol. The number of halogens is 2. The van der Waals surface area contributed by atoms with Gasteiger partial charge in [0.1, 0.15) is 24.7 Å². The number of hydrogen-bond acceptors (Lipinski definition) is 2. The highest BCUT2D eigenvalue weighted by molar-refractivity contribution is 6.17. The molecule has 0 aliphatic carbocycles. The molecule has 2 rings (SSSR count). The molecule has 116 valence electrons. The maximum absolute atomic E-state index is 5.86. The maximum atomic E-state index is 5.86. The van der Waals surface area contributed by atoms with Gasteiger partial charge in [0, 0.05) is 11.1 Å². The molecule has 0 unspecified atom stereocenters. The molecule has 0 aliphatic rings. The van der Waals surface area contributed by atoms with E-state index in [1.165, 1.54) is 0 Å². The van der Waals surface area contributed by atoms with E-state index in [-0.39, 0.29) is 0 Å². The summed E-state index contributed by atoms with van der Waals surface area (Å²) in [7, 11) is 0. The van der Waals surface area contributed by atoms with Crippen molar-refractivity contribution in [1.29, 1.82) is 0 Å². The molecule has 0 atom stereocenters. The van der Waals surface area contributed by atoms with Crippen molar-refractivity contribution in [3.8, 4) is 11.5 Å². The molecule has 4 heteroatoms. The quantitative estimate of drug-likeness (QED) is 0.488. The first-order chi connectivity index (χ1) is 10.8. The molecule has 0 radical (unpaired) electrons. The first-order valence-electron chi connectivity index (χ1n) is 7.03. The van der Waals surface area contributed by atoms with Crippen molar-refractivity contribution in [3.05, 3.63) is 71.8 Å². The number of rotatable bonds is 8. The third-order valence-corrected chi connectivity index (χ3v) is 3.65. The molecule has 0 aliphatic heterocycles. The third-order valence-electron chi connectivity index (χ3n) is 3.07. The van der Waals surface area contributed by atoms with Crippen molar-refractivity contribution >= 4 is 23.2 Å². The summed E-state index contributed by atoms with van der Waals surface area (Å²) in [6.45, 7) is 0.961. The first kappa shape index (κ1) is 16.7. The second kappa shape index (κ2) is 9.39. The Kier molecular flexibility index (Phi) is 7.14. The molecule has 2 aromatic carbocycles. The zero-order valence-corrected chi connectivity index (χ0v) is 13.7. The summed E-state index contributed by atoms with van der Waals surface area (Å²) in [5.41, 5.74) is 1.98. The van der Waals surface area contributed by atoms with Gasteiger partial charge in [0.05, 0.1) is 11.8 Å². The summed E-state index contributed by atoms with van der Waals surface area (Å²) in [5.74, 6) is 2.52. The molecule has 0 aromatic heterocycles. The van der Waals surface area contributed by atoms with Gasteiger partial charge in [-0.15, -0.1) is 23.2 Å². The van der Waals surface area contributed by atoms with Crippen LogP contribution in [0.25, 0.3) is 0 Å². The van der Waals surface area contributed by atoms with Crippen molar-refractivity contribution in [3.63, 3.8) is 0 Å². The summed E-state index contributed by atoms with van der Waals surface area (Å²) < 4.78 is 11.4. The highest BCUT2D eigenvalue weighted by Crippen LogP contribution is 2.20. The smallest absolute Gasteiger partial charge is 0.124 e. The van der Waals surface area contributed by atoms with Crippen LogP contribution in [0, 0.1) is 0 Å². The standard InChI is InChI=1S/C18H18Cl2O2/c19-13-15-7-1-3-9-17(15)21-11-5-6-12-22-18-10-4-2-8-16(18)14-20/h1-10H,11-14H2/b6-5+. The van der Waals surface area contributed by atoms with Gasteiger partial charge in [-0.3, -0.25) is 0 Å². The van der Waals surface area contributed by atoms with Crippen LogP contribution < -0.4 is 9.47 Å². The number of benzene rings is 2. The lowest BCUT2D eigenvalue weighted by atomic mass is 10.2. The second-order valence-corrected chi connectivity index (χ2v) is 5.11. The van der Waals surface area contributed by atoms with Gasteiger partial charge >= 0.3 is 0 Å². The molecule has 0 N–H and O–H groups in total. The van der Waals surface area contributed by atoms with E-state index in [4.69, 9.17) is 32.7 Å². The van der Waals surface area contributed by atoms with Crippen molar-refractivity contribution in [2.45, 2.75) is 11.8 Å². The fourth-order valence-corrected chi connectivity index (χ4v) is 2.36. The highest BCUT2D eigenvalue weighted by Gasteiger charge is 2.00. The van der Waals surface area contributed by atoms with Crippen LogP contribution in [0.3, 0.4) is 0 Å². The van der Waals surface area contributed by atoms with E-state index in [2.05, 4.69) is 0 Å². The van der Waals surface area contributed by atoms with Crippen LogP contribution in [0.4, 0.5) is 0 Å². The van der Waals surface area contributed by atoms with Gasteiger partial charge in [-0.25, -0.2) is 0 Å². The lowest BCUT2D eigenvalue weighted by Crippen LogP contribution is -1.99. The number of alkyl halides is 2. The van der Waals surface area contributed by atoms with E-state index in [9.17, 15) is 0 Å². The summed E-state index contributed by atoms with van der Waals surface area (Å²) >= 11 is 11.7. The molecule has 22 heavy (non-hydrogen) atoms. The van der Waals surface area contributed by atoms with Crippen molar-refractivity contribution in [1.82, 2.24) is 0 Å². The molecule has 0 amide bonds. The summed E-state index contributed by atoms with van der Waals surface area (Å²) in [4.78, 5) is 0. The molecule has 2 aromatic rings. The molecule has 0 fully saturated rings. The topological polar surface area (TPSA) is 18.5 Å². The van der Waals surface area contributed by atoms with Gasteiger partial charge in [-0.1, -0.05) is 36.4 Å². The summed E-state index contributed by atoms with van der Waals surface area (Å²) in [5, 5.41) is 0. The molecule has 0 saturated carbocycles. The van der Waals surface area contributed by atoms with E-state index in [1.807, 2.05) is 60.7 Å². The van der Waals surface area contributed by atoms with E-state index in [1.54, 1.807) is 0 Å². The third kappa shape index (κ3) is 4.97. The zero-order chi connectivity index (χ0) is 15.6. The molecule has 0 heterocycles. The zero-order valence-electron chi connectivity index (χ0n) is 12.2. The van der Waals surface area contributed by atoms with Crippen LogP contribution >= 0.6 is 23.2 Å². The van der Waals surface area contributed by atoms with Crippen LogP contribution in [0.5, 0.6) is 11.5 Å². The van der Waals surface area contributed by atoms with Gasteiger partial charge in [0.25, 0.3) is 0 Å². The largest absolute Gasteiger partial charge is 0.489 e. The number of hydrogen-bond donors (Lipinski definition) is 0. The SMILES string of the molecule is ClCc1ccccc1OC/C=C/COc1ccccc1CCl. The Bertz CT molecular complexity index is 558. The Morgan fingerprint density at radius 1 is 0.682 bits per heavy atom. The molecular formula is C18H18Cl2O2. The first-order valence-corrected chi connectivity index (χ1v) is 8.10. The summed E-state index contributed by atoms with van der Waals surface area (Å²) in [6.07, 6.45) is 3.85. The Hall–Kier alpha value is -1.64. The number of ether oxygens (including phenoxy) is 2. The lowest BCUT2D eigenvalue weighted by Gasteiger charge is -2.08. The van der Waals surface area contributed by atoms with Crippen LogP contribution in [-0.4, -0.2) is 13.2 Å². The molecule has 2 nitrogen and oxygen atoms in total. The van der Waals surface area contributed by atoms with Crippen molar-refractivity contribution in [2.75, 3.05) is 13.2 Å². The highest BCUT2D eigenvalue weighted by atomic mass is 35.5. The Morgan fingerprint density at radius 2 is 1.09 bits per heavy atom.